The molecule has 0 saturated carbocycles. The Labute approximate surface area is 108 Å². The maximum Gasteiger partial charge on any atom is 0.244 e. The summed E-state index contributed by atoms with van der Waals surface area (Å²) >= 11 is 0. The summed E-state index contributed by atoms with van der Waals surface area (Å²) in [5.74, 6) is -0.137. The smallest absolute Gasteiger partial charge is 0.244 e. The number of Topliss-reactive ketones (excluding diaryl/α,β-unsaturated/α-hetero) is 1. The minimum atomic E-state index is -0.638. The average Bonchev–Trinajstić information content (AvgIpc) is 2.29. The van der Waals surface area contributed by atoms with Crippen molar-refractivity contribution < 1.29 is 9.59 Å². The molecule has 0 heterocycles. The number of anilines is 1. The van der Waals surface area contributed by atoms with Crippen molar-refractivity contribution in [2.24, 2.45) is 0 Å². The Kier molecular flexibility index (Phi) is 4.62. The highest BCUT2D eigenvalue weighted by atomic mass is 16.2. The molecule has 1 amide bonds. The third-order valence-electron chi connectivity index (χ3n) is 2.71. The first-order valence-corrected chi connectivity index (χ1v) is 6.04. The number of likely N-dealkylation sites (N-methyl/N-ethyl adjacent to an activating group) is 1. The molecule has 0 spiro atoms. The van der Waals surface area contributed by atoms with Crippen molar-refractivity contribution in [2.75, 3.05) is 11.9 Å². The zero-order valence-electron chi connectivity index (χ0n) is 11.3. The van der Waals surface area contributed by atoms with E-state index >= 15 is 0 Å². The molecule has 0 bridgehead atoms. The van der Waals surface area contributed by atoms with Gasteiger partial charge in [0, 0.05) is 11.3 Å². The summed E-state index contributed by atoms with van der Waals surface area (Å²) < 4.78 is 0. The molecule has 1 aromatic carbocycles. The van der Waals surface area contributed by atoms with E-state index in [1.165, 1.54) is 6.92 Å². The topological polar surface area (TPSA) is 58.2 Å². The van der Waals surface area contributed by atoms with Crippen LogP contribution in [0.3, 0.4) is 0 Å². The van der Waals surface area contributed by atoms with Crippen LogP contribution in [0.2, 0.25) is 0 Å². The molecule has 18 heavy (non-hydrogen) atoms. The standard InChI is InChI=1S/C14H20N2O2/c1-5-15-14(3,4)13(18)16-12-8-6-7-11(9-12)10(2)17/h6-9,15H,5H2,1-4H3,(H,16,18). The molecular weight excluding hydrogens is 228 g/mol. The first-order chi connectivity index (χ1) is 8.36. The molecule has 0 aliphatic carbocycles. The minimum absolute atomic E-state index is 0.0166. The summed E-state index contributed by atoms with van der Waals surface area (Å²) in [5, 5.41) is 5.91. The number of carbonyl (C=O) groups excluding carboxylic acids is 2. The third-order valence-corrected chi connectivity index (χ3v) is 2.71. The lowest BCUT2D eigenvalue weighted by Gasteiger charge is -2.24. The van der Waals surface area contributed by atoms with Crippen molar-refractivity contribution in [1.29, 1.82) is 0 Å². The van der Waals surface area contributed by atoms with Gasteiger partial charge < -0.3 is 10.6 Å². The molecule has 4 nitrogen and oxygen atoms in total. The van der Waals surface area contributed by atoms with Gasteiger partial charge in [-0.3, -0.25) is 9.59 Å². The van der Waals surface area contributed by atoms with Crippen molar-refractivity contribution in [2.45, 2.75) is 33.2 Å². The number of nitrogens with one attached hydrogen (secondary N) is 2. The van der Waals surface area contributed by atoms with Crippen LogP contribution in [0.5, 0.6) is 0 Å². The first kappa shape index (κ1) is 14.4. The quantitative estimate of drug-likeness (QED) is 0.785. The highest BCUT2D eigenvalue weighted by molar-refractivity contribution is 5.99. The van der Waals surface area contributed by atoms with Crippen molar-refractivity contribution >= 4 is 17.4 Å². The van der Waals surface area contributed by atoms with Crippen LogP contribution in [0.1, 0.15) is 38.1 Å². The molecule has 98 valence electrons. The molecule has 0 atom stereocenters. The van der Waals surface area contributed by atoms with Crippen molar-refractivity contribution in [3.8, 4) is 0 Å². The Balaban J connectivity index is 2.82. The van der Waals surface area contributed by atoms with Gasteiger partial charge in [-0.25, -0.2) is 0 Å². The molecule has 0 fully saturated rings. The van der Waals surface area contributed by atoms with Crippen LogP contribution in [0.25, 0.3) is 0 Å². The summed E-state index contributed by atoms with van der Waals surface area (Å²) in [6.45, 7) is 7.81. The van der Waals surface area contributed by atoms with Crippen LogP contribution < -0.4 is 10.6 Å². The SMILES string of the molecule is CCNC(C)(C)C(=O)Nc1cccc(C(C)=O)c1. The number of carbonyl (C=O) groups is 2. The second-order valence-corrected chi connectivity index (χ2v) is 4.75. The van der Waals surface area contributed by atoms with Crippen molar-refractivity contribution in [1.82, 2.24) is 5.32 Å². The summed E-state index contributed by atoms with van der Waals surface area (Å²) in [6.07, 6.45) is 0. The summed E-state index contributed by atoms with van der Waals surface area (Å²) in [6, 6.07) is 6.94. The van der Waals surface area contributed by atoms with Gasteiger partial charge in [0.25, 0.3) is 0 Å². The van der Waals surface area contributed by atoms with Crippen LogP contribution in [0, 0.1) is 0 Å². The minimum Gasteiger partial charge on any atom is -0.324 e. The van der Waals surface area contributed by atoms with Gasteiger partial charge in [0.1, 0.15) is 0 Å². The number of hydrogen-bond donors (Lipinski definition) is 2. The van der Waals surface area contributed by atoms with Gasteiger partial charge in [-0.15, -0.1) is 0 Å². The molecule has 0 unspecified atom stereocenters. The number of benzene rings is 1. The Morgan fingerprint density at radius 2 is 1.94 bits per heavy atom. The third kappa shape index (κ3) is 3.67. The highest BCUT2D eigenvalue weighted by Crippen LogP contribution is 2.13. The van der Waals surface area contributed by atoms with E-state index in [1.54, 1.807) is 24.3 Å². The predicted molar refractivity (Wildman–Crippen MR) is 72.8 cm³/mol. The summed E-state index contributed by atoms with van der Waals surface area (Å²) in [4.78, 5) is 23.3. The molecule has 0 aliphatic heterocycles. The largest absolute Gasteiger partial charge is 0.324 e. The van der Waals surface area contributed by atoms with Gasteiger partial charge in [0.05, 0.1) is 5.54 Å². The first-order valence-electron chi connectivity index (χ1n) is 6.04. The van der Waals surface area contributed by atoms with E-state index < -0.39 is 5.54 Å². The van der Waals surface area contributed by atoms with Gasteiger partial charge >= 0.3 is 0 Å². The number of hydrogen-bond acceptors (Lipinski definition) is 3. The van der Waals surface area contributed by atoms with Gasteiger partial charge in [-0.1, -0.05) is 19.1 Å². The van der Waals surface area contributed by atoms with Gasteiger partial charge in [-0.2, -0.15) is 0 Å². The second kappa shape index (κ2) is 5.78. The fourth-order valence-corrected chi connectivity index (χ4v) is 1.63. The zero-order chi connectivity index (χ0) is 13.8. The number of amides is 1. The van der Waals surface area contributed by atoms with E-state index in [1.807, 2.05) is 20.8 Å². The Hall–Kier alpha value is -1.68. The Bertz CT molecular complexity index is 453. The van der Waals surface area contributed by atoms with E-state index in [0.717, 1.165) is 0 Å². The summed E-state index contributed by atoms with van der Waals surface area (Å²) in [7, 11) is 0. The second-order valence-electron chi connectivity index (χ2n) is 4.75. The molecular formula is C14H20N2O2. The lowest BCUT2D eigenvalue weighted by Crippen LogP contribution is -2.49. The fraction of sp³-hybridized carbons (Fsp3) is 0.429. The lowest BCUT2D eigenvalue weighted by molar-refractivity contribution is -0.121. The van der Waals surface area contributed by atoms with E-state index in [-0.39, 0.29) is 11.7 Å². The van der Waals surface area contributed by atoms with Crippen LogP contribution in [0.4, 0.5) is 5.69 Å². The van der Waals surface area contributed by atoms with Crippen LogP contribution >= 0.6 is 0 Å². The molecule has 1 rings (SSSR count). The maximum absolute atomic E-state index is 12.0. The molecule has 4 heteroatoms. The maximum atomic E-state index is 12.0. The van der Waals surface area contributed by atoms with Crippen LogP contribution in [-0.2, 0) is 4.79 Å². The highest BCUT2D eigenvalue weighted by Gasteiger charge is 2.26. The monoisotopic (exact) mass is 248 g/mol. The molecule has 0 aliphatic rings. The number of rotatable bonds is 5. The Morgan fingerprint density at radius 1 is 1.28 bits per heavy atom. The average molecular weight is 248 g/mol. The molecule has 0 aromatic heterocycles. The predicted octanol–water partition coefficient (Wildman–Crippen LogP) is 2.22. The molecule has 0 radical (unpaired) electrons. The van der Waals surface area contributed by atoms with Crippen molar-refractivity contribution in [3.63, 3.8) is 0 Å². The lowest BCUT2D eigenvalue weighted by atomic mass is 10.0. The Morgan fingerprint density at radius 3 is 2.50 bits per heavy atom. The summed E-state index contributed by atoms with van der Waals surface area (Å²) in [5.41, 5.74) is 0.591. The van der Waals surface area contributed by atoms with Gasteiger partial charge in [0.2, 0.25) is 5.91 Å². The zero-order valence-corrected chi connectivity index (χ0v) is 11.3. The van der Waals surface area contributed by atoms with Crippen LogP contribution in [0.15, 0.2) is 24.3 Å². The van der Waals surface area contributed by atoms with Gasteiger partial charge in [0.15, 0.2) is 5.78 Å². The van der Waals surface area contributed by atoms with Gasteiger partial charge in [-0.05, 0) is 39.4 Å². The van der Waals surface area contributed by atoms with E-state index in [2.05, 4.69) is 10.6 Å². The normalized spacial score (nSPS) is 11.1. The van der Waals surface area contributed by atoms with Crippen molar-refractivity contribution in [3.05, 3.63) is 29.8 Å². The fourth-order valence-electron chi connectivity index (χ4n) is 1.63. The molecule has 1 aromatic rings. The van der Waals surface area contributed by atoms with E-state index in [9.17, 15) is 9.59 Å². The van der Waals surface area contributed by atoms with E-state index in [4.69, 9.17) is 0 Å². The van der Waals surface area contributed by atoms with Crippen LogP contribution in [-0.4, -0.2) is 23.8 Å². The number of ketones is 1. The molecule has 0 saturated heterocycles. The molecule has 2 N–H and O–H groups in total. The van der Waals surface area contributed by atoms with E-state index in [0.29, 0.717) is 17.8 Å².